The van der Waals surface area contributed by atoms with Gasteiger partial charge in [-0.15, -0.1) is 24.0 Å². The molecule has 0 saturated heterocycles. The number of hydrogen-bond acceptors (Lipinski definition) is 2. The van der Waals surface area contributed by atoms with Crippen LogP contribution in [0.25, 0.3) is 0 Å². The highest BCUT2D eigenvalue weighted by molar-refractivity contribution is 14.0. The third kappa shape index (κ3) is 10.3. The highest BCUT2D eigenvalue weighted by Crippen LogP contribution is 1.99. The fourth-order valence-corrected chi connectivity index (χ4v) is 1.66. The molecule has 0 aliphatic heterocycles. The zero-order valence-electron chi connectivity index (χ0n) is 13.7. The van der Waals surface area contributed by atoms with Crippen molar-refractivity contribution in [1.82, 2.24) is 15.5 Å². The van der Waals surface area contributed by atoms with Crippen LogP contribution in [0.4, 0.5) is 0 Å². The van der Waals surface area contributed by atoms with Crippen LogP contribution in [-0.4, -0.2) is 48.5 Å². The molecular formula is C14H31IN4O. The number of nitrogens with zero attached hydrogens (tertiary/aromatic N) is 2. The van der Waals surface area contributed by atoms with Gasteiger partial charge in [0, 0.05) is 31.6 Å². The fraction of sp³-hybridized carbons (Fsp3) is 0.857. The van der Waals surface area contributed by atoms with Crippen molar-refractivity contribution in [1.29, 1.82) is 0 Å². The van der Waals surface area contributed by atoms with Gasteiger partial charge in [-0.25, -0.2) is 0 Å². The third-order valence-electron chi connectivity index (χ3n) is 2.55. The number of carbonyl (C=O) groups excluding carboxylic acids is 1. The van der Waals surface area contributed by atoms with Gasteiger partial charge in [0.2, 0.25) is 5.91 Å². The minimum Gasteiger partial charge on any atom is -0.357 e. The molecule has 6 heteroatoms. The average Bonchev–Trinajstić information content (AvgIpc) is 2.28. The molecular weight excluding hydrogens is 367 g/mol. The van der Waals surface area contributed by atoms with Crippen LogP contribution in [0.1, 0.15) is 48.0 Å². The summed E-state index contributed by atoms with van der Waals surface area (Å²) < 4.78 is 0. The van der Waals surface area contributed by atoms with Crippen molar-refractivity contribution in [2.75, 3.05) is 26.2 Å². The molecule has 0 heterocycles. The second kappa shape index (κ2) is 11.2. The number of rotatable bonds is 6. The predicted octanol–water partition coefficient (Wildman–Crippen LogP) is 2.22. The molecule has 0 fully saturated rings. The summed E-state index contributed by atoms with van der Waals surface area (Å²) >= 11 is 0. The molecule has 2 N–H and O–H groups in total. The maximum absolute atomic E-state index is 11.8. The van der Waals surface area contributed by atoms with E-state index in [1.807, 2.05) is 25.7 Å². The summed E-state index contributed by atoms with van der Waals surface area (Å²) in [6.45, 7) is 15.1. The van der Waals surface area contributed by atoms with Crippen LogP contribution < -0.4 is 10.6 Å². The molecule has 0 aromatic carbocycles. The molecule has 0 spiro atoms. The molecule has 0 aliphatic rings. The molecule has 5 nitrogen and oxygen atoms in total. The molecule has 0 aromatic rings. The highest BCUT2D eigenvalue weighted by Gasteiger charge is 2.12. The second-order valence-electron chi connectivity index (χ2n) is 5.45. The smallest absolute Gasteiger partial charge is 0.224 e. The first-order valence-corrected chi connectivity index (χ1v) is 7.18. The summed E-state index contributed by atoms with van der Waals surface area (Å²) in [5, 5.41) is 6.49. The summed E-state index contributed by atoms with van der Waals surface area (Å²) in [5.41, 5.74) is -0.0378. The Kier molecular flexibility index (Phi) is 12.1. The normalized spacial score (nSPS) is 11.6. The number of amides is 1. The van der Waals surface area contributed by atoms with Crippen LogP contribution >= 0.6 is 24.0 Å². The van der Waals surface area contributed by atoms with Crippen molar-refractivity contribution in [3.05, 3.63) is 0 Å². The quantitative estimate of drug-likeness (QED) is 0.410. The molecule has 0 atom stereocenters. The van der Waals surface area contributed by atoms with Crippen molar-refractivity contribution in [2.24, 2.45) is 4.99 Å². The Balaban J connectivity index is 0. The Hall–Kier alpha value is -0.530. The topological polar surface area (TPSA) is 56.7 Å². The van der Waals surface area contributed by atoms with Crippen molar-refractivity contribution < 1.29 is 4.79 Å². The molecule has 1 amide bonds. The van der Waals surface area contributed by atoms with E-state index in [-0.39, 0.29) is 35.4 Å². The van der Waals surface area contributed by atoms with E-state index in [0.29, 0.717) is 13.0 Å². The van der Waals surface area contributed by atoms with Gasteiger partial charge in [0.25, 0.3) is 0 Å². The molecule has 20 heavy (non-hydrogen) atoms. The number of nitrogens with one attached hydrogen (secondary N) is 2. The summed E-state index contributed by atoms with van der Waals surface area (Å²) in [7, 11) is 0. The SMILES string of the molecule is CCNC(=NCCC(=O)N(CC)CC)NC(C)(C)C.I. The van der Waals surface area contributed by atoms with E-state index < -0.39 is 0 Å². The fourth-order valence-electron chi connectivity index (χ4n) is 1.66. The molecule has 0 rings (SSSR count). The van der Waals surface area contributed by atoms with E-state index in [0.717, 1.165) is 25.6 Å². The van der Waals surface area contributed by atoms with Crippen LogP contribution in [0.5, 0.6) is 0 Å². The Morgan fingerprint density at radius 1 is 1.15 bits per heavy atom. The monoisotopic (exact) mass is 398 g/mol. The van der Waals surface area contributed by atoms with E-state index in [1.165, 1.54) is 0 Å². The van der Waals surface area contributed by atoms with Gasteiger partial charge in [0.1, 0.15) is 0 Å². The van der Waals surface area contributed by atoms with Gasteiger partial charge in [-0.1, -0.05) is 0 Å². The van der Waals surface area contributed by atoms with E-state index in [4.69, 9.17) is 0 Å². The molecule has 0 saturated carbocycles. The Labute approximate surface area is 141 Å². The molecule has 0 aromatic heterocycles. The van der Waals surface area contributed by atoms with E-state index in [1.54, 1.807) is 0 Å². The predicted molar refractivity (Wildman–Crippen MR) is 96.8 cm³/mol. The number of carbonyl (C=O) groups is 1. The van der Waals surface area contributed by atoms with Crippen LogP contribution in [0.2, 0.25) is 0 Å². The summed E-state index contributed by atoms with van der Waals surface area (Å²) in [6, 6.07) is 0. The van der Waals surface area contributed by atoms with Gasteiger partial charge < -0.3 is 15.5 Å². The van der Waals surface area contributed by atoms with E-state index in [9.17, 15) is 4.79 Å². The standard InChI is InChI=1S/C14H30N4O.HI/c1-7-15-13(17-14(4,5)6)16-11-10-12(19)18(8-2)9-3;/h7-11H2,1-6H3,(H2,15,16,17);1H. The average molecular weight is 398 g/mol. The zero-order chi connectivity index (χ0) is 14.9. The first kappa shape index (κ1) is 21.8. The van der Waals surface area contributed by atoms with Crippen molar-refractivity contribution in [3.63, 3.8) is 0 Å². The Morgan fingerprint density at radius 2 is 1.70 bits per heavy atom. The van der Waals surface area contributed by atoms with Crippen LogP contribution in [0.15, 0.2) is 4.99 Å². The Bertz CT molecular complexity index is 296. The maximum atomic E-state index is 11.8. The maximum Gasteiger partial charge on any atom is 0.224 e. The number of hydrogen-bond donors (Lipinski definition) is 2. The van der Waals surface area contributed by atoms with Crippen LogP contribution in [0.3, 0.4) is 0 Å². The summed E-state index contributed by atoms with van der Waals surface area (Å²) in [5.74, 6) is 0.933. The third-order valence-corrected chi connectivity index (χ3v) is 2.55. The molecule has 0 aliphatic carbocycles. The van der Waals surface area contributed by atoms with Crippen LogP contribution in [-0.2, 0) is 4.79 Å². The van der Waals surface area contributed by atoms with Crippen LogP contribution in [0, 0.1) is 0 Å². The lowest BCUT2D eigenvalue weighted by atomic mass is 10.1. The minimum absolute atomic E-state index is 0. The number of halogens is 1. The minimum atomic E-state index is -0.0378. The molecule has 0 unspecified atom stereocenters. The summed E-state index contributed by atoms with van der Waals surface area (Å²) in [4.78, 5) is 18.1. The lowest BCUT2D eigenvalue weighted by molar-refractivity contribution is -0.130. The largest absolute Gasteiger partial charge is 0.357 e. The van der Waals surface area contributed by atoms with Gasteiger partial charge >= 0.3 is 0 Å². The van der Waals surface area contributed by atoms with Gasteiger partial charge in [0.15, 0.2) is 5.96 Å². The van der Waals surface area contributed by atoms with E-state index >= 15 is 0 Å². The van der Waals surface area contributed by atoms with Gasteiger partial charge in [-0.05, 0) is 41.5 Å². The number of guanidine groups is 1. The van der Waals surface area contributed by atoms with Crippen molar-refractivity contribution >= 4 is 35.8 Å². The Morgan fingerprint density at radius 3 is 2.10 bits per heavy atom. The lowest BCUT2D eigenvalue weighted by Crippen LogP contribution is -2.47. The number of aliphatic imine (C=N–C) groups is 1. The van der Waals surface area contributed by atoms with Gasteiger partial charge in [0.05, 0.1) is 6.54 Å². The van der Waals surface area contributed by atoms with Gasteiger partial charge in [-0.3, -0.25) is 9.79 Å². The summed E-state index contributed by atoms with van der Waals surface area (Å²) in [6.07, 6.45) is 0.461. The van der Waals surface area contributed by atoms with Gasteiger partial charge in [-0.2, -0.15) is 0 Å². The molecule has 120 valence electrons. The van der Waals surface area contributed by atoms with Crippen molar-refractivity contribution in [3.8, 4) is 0 Å². The lowest BCUT2D eigenvalue weighted by Gasteiger charge is -2.24. The molecule has 0 bridgehead atoms. The second-order valence-corrected chi connectivity index (χ2v) is 5.45. The van der Waals surface area contributed by atoms with E-state index in [2.05, 4.69) is 36.4 Å². The first-order valence-electron chi connectivity index (χ1n) is 7.18. The van der Waals surface area contributed by atoms with Crippen molar-refractivity contribution in [2.45, 2.75) is 53.5 Å². The molecule has 0 radical (unpaired) electrons. The zero-order valence-corrected chi connectivity index (χ0v) is 16.1. The first-order chi connectivity index (χ1) is 8.84. The highest BCUT2D eigenvalue weighted by atomic mass is 127.